The molecule has 2 saturated heterocycles. The van der Waals surface area contributed by atoms with Gasteiger partial charge in [-0.3, -0.25) is 19.2 Å². The second-order valence-electron chi connectivity index (χ2n) is 20.6. The standard InChI is InChI=1S/C52H69F3N8O9S4/c1-33(36-15-17-37(18-16-36)46-34(2)58-32-74-46)59-49(67)43-26-35(30-64)28-63(43)50(68)47(51(3,4)5)61-45(65)14-10-7-11-23-57-48(66)38-21-24-62(29-38)25-22-39(31-73-40-12-8-6-9-13-40)60-42-20-19-41(76(56,71)72)27-44(42)75(69,70)52(53,54)55/h6,8-9,12-13,15-20,27,32-33,35,38-39,43,47,60,64H,7,10-11,14,21-26,28-31H2,1-5H3,(H,57,66)(H,59,67)(H,61,65)(H2,56,71,72)/t33-,35+,38-,39+,43-,47?/m0/s1. The summed E-state index contributed by atoms with van der Waals surface area (Å²) in [7, 11) is -10.5. The third kappa shape index (κ3) is 16.0. The Labute approximate surface area is 451 Å². The summed E-state index contributed by atoms with van der Waals surface area (Å²) in [5.74, 6) is -1.53. The van der Waals surface area contributed by atoms with Crippen molar-refractivity contribution >= 4 is 72.3 Å². The van der Waals surface area contributed by atoms with Crippen LogP contribution in [0.4, 0.5) is 18.9 Å². The number of rotatable bonds is 24. The summed E-state index contributed by atoms with van der Waals surface area (Å²) in [6, 6.07) is 16.7. The number of hydrogen-bond acceptors (Lipinski definition) is 14. The molecule has 76 heavy (non-hydrogen) atoms. The number of primary sulfonamides is 1. The topological polar surface area (TPSA) is 250 Å². The van der Waals surface area contributed by atoms with Crippen molar-refractivity contribution < 1.29 is 54.3 Å². The molecule has 1 aromatic heterocycles. The van der Waals surface area contributed by atoms with Gasteiger partial charge in [-0.1, -0.05) is 69.7 Å². The van der Waals surface area contributed by atoms with Crippen LogP contribution in [0.5, 0.6) is 0 Å². The first kappa shape index (κ1) is 60.1. The molecule has 416 valence electrons. The Morgan fingerprint density at radius 1 is 0.934 bits per heavy atom. The van der Waals surface area contributed by atoms with Crippen molar-refractivity contribution in [2.45, 2.75) is 124 Å². The number of nitrogens with two attached hydrogens (primary N) is 1. The number of carbonyl (C=O) groups is 4. The van der Waals surface area contributed by atoms with Crippen molar-refractivity contribution in [1.29, 1.82) is 0 Å². The zero-order valence-electron chi connectivity index (χ0n) is 43.3. The summed E-state index contributed by atoms with van der Waals surface area (Å²) in [5.41, 5.74) is -2.20. The van der Waals surface area contributed by atoms with Crippen molar-refractivity contribution in [1.82, 2.24) is 30.7 Å². The fraction of sp³-hybridized carbons (Fsp3) is 0.519. The van der Waals surface area contributed by atoms with E-state index in [-0.39, 0.29) is 61.6 Å². The Morgan fingerprint density at radius 3 is 2.28 bits per heavy atom. The van der Waals surface area contributed by atoms with Gasteiger partial charge in [0.25, 0.3) is 9.84 Å². The predicted molar refractivity (Wildman–Crippen MR) is 287 cm³/mol. The molecule has 0 radical (unpaired) electrons. The number of carbonyl (C=O) groups excluding carboxylic acids is 4. The Kier molecular flexibility index (Phi) is 20.6. The highest BCUT2D eigenvalue weighted by atomic mass is 32.2. The van der Waals surface area contributed by atoms with Gasteiger partial charge in [0.05, 0.1) is 38.6 Å². The van der Waals surface area contributed by atoms with Gasteiger partial charge in [-0.2, -0.15) is 13.2 Å². The first-order valence-corrected chi connectivity index (χ1v) is 30.1. The minimum atomic E-state index is -5.99. The van der Waals surface area contributed by atoms with E-state index in [1.54, 1.807) is 16.8 Å². The maximum Gasteiger partial charge on any atom is 0.501 e. The third-order valence-corrected chi connectivity index (χ3v) is 18.3. The number of benzene rings is 3. The molecule has 2 fully saturated rings. The number of aliphatic hydroxyl groups is 1. The Morgan fingerprint density at radius 2 is 1.64 bits per heavy atom. The monoisotopic (exact) mass is 1130 g/mol. The number of nitrogens with zero attached hydrogens (tertiary/aromatic N) is 3. The zero-order chi connectivity index (χ0) is 55.6. The van der Waals surface area contributed by atoms with Crippen LogP contribution in [0.15, 0.2) is 93.0 Å². The van der Waals surface area contributed by atoms with Gasteiger partial charge < -0.3 is 36.2 Å². The molecule has 0 saturated carbocycles. The summed E-state index contributed by atoms with van der Waals surface area (Å²) < 4.78 is 90.9. The Hall–Kier alpha value is -5.11. The van der Waals surface area contributed by atoms with Gasteiger partial charge in [0, 0.05) is 61.8 Å². The van der Waals surface area contributed by atoms with Crippen molar-refractivity contribution in [3.8, 4) is 10.4 Å². The summed E-state index contributed by atoms with van der Waals surface area (Å²) in [4.78, 5) is 62.5. The molecule has 24 heteroatoms. The van der Waals surface area contributed by atoms with Crippen molar-refractivity contribution in [3.63, 3.8) is 0 Å². The first-order valence-electron chi connectivity index (χ1n) is 25.2. The molecule has 1 unspecified atom stereocenters. The lowest BCUT2D eigenvalue weighted by Gasteiger charge is -2.35. The summed E-state index contributed by atoms with van der Waals surface area (Å²) in [5, 5.41) is 27.2. The van der Waals surface area contributed by atoms with Crippen LogP contribution in [0.3, 0.4) is 0 Å². The molecular weight excluding hydrogens is 1070 g/mol. The van der Waals surface area contributed by atoms with E-state index in [0.717, 1.165) is 38.7 Å². The number of anilines is 1. The number of aromatic nitrogens is 1. The number of alkyl halides is 3. The van der Waals surface area contributed by atoms with Crippen LogP contribution in [0, 0.1) is 24.2 Å². The number of aryl methyl sites for hydroxylation is 1. The van der Waals surface area contributed by atoms with Crippen molar-refractivity contribution in [2.75, 3.05) is 50.4 Å². The number of sulfone groups is 1. The smallest absolute Gasteiger partial charge is 0.396 e. The van der Waals surface area contributed by atoms with Gasteiger partial charge in [-0.25, -0.2) is 27.0 Å². The van der Waals surface area contributed by atoms with Crippen LogP contribution in [0.25, 0.3) is 10.4 Å². The number of amides is 4. The lowest BCUT2D eigenvalue weighted by atomic mass is 9.85. The number of halogens is 3. The third-order valence-electron chi connectivity index (χ3n) is 13.7. The van der Waals surface area contributed by atoms with Gasteiger partial charge in [0.1, 0.15) is 17.0 Å². The second-order valence-corrected chi connectivity index (χ2v) is 26.0. The number of sulfonamides is 1. The predicted octanol–water partition coefficient (Wildman–Crippen LogP) is 6.64. The van der Waals surface area contributed by atoms with E-state index >= 15 is 0 Å². The van der Waals surface area contributed by atoms with Crippen LogP contribution in [-0.2, 0) is 39.0 Å². The summed E-state index contributed by atoms with van der Waals surface area (Å²) in [6.07, 6.45) is 3.00. The average Bonchev–Trinajstić information content (AvgIpc) is 4.15. The van der Waals surface area contributed by atoms with Crippen LogP contribution >= 0.6 is 23.1 Å². The van der Waals surface area contributed by atoms with Crippen molar-refractivity contribution in [3.05, 3.63) is 89.6 Å². The summed E-state index contributed by atoms with van der Waals surface area (Å²) >= 11 is 2.96. The molecule has 4 aromatic rings. The molecule has 3 aromatic carbocycles. The molecule has 17 nitrogen and oxygen atoms in total. The van der Waals surface area contributed by atoms with E-state index in [1.165, 1.54) is 16.7 Å². The van der Waals surface area contributed by atoms with Crippen LogP contribution in [0.2, 0.25) is 0 Å². The highest BCUT2D eigenvalue weighted by Gasteiger charge is 2.49. The quantitative estimate of drug-likeness (QED) is 0.0319. The SMILES string of the molecule is Cc1ncsc1-c1ccc([C@H](C)NC(=O)[C@@H]2C[C@@H](CO)CN2C(=O)C(NC(=O)CCCCCNC(=O)[C@H]2CCN(CC[C@H](CSc3ccccc3)Nc3ccc(S(N)(=O)=O)cc3S(=O)(=O)C(F)(F)F)C2)C(C)(C)C)cc1. The fourth-order valence-corrected chi connectivity index (χ4v) is 12.7. The van der Waals surface area contributed by atoms with E-state index < -0.39 is 70.3 Å². The molecule has 4 amide bonds. The van der Waals surface area contributed by atoms with Crippen molar-refractivity contribution in [2.24, 2.45) is 22.4 Å². The number of thioether (sulfide) groups is 1. The van der Waals surface area contributed by atoms with Gasteiger partial charge in [0.2, 0.25) is 33.7 Å². The normalized spacial score (nSPS) is 18.7. The number of aliphatic hydroxyl groups excluding tert-OH is 1. The Bertz CT molecular complexity index is 2870. The zero-order valence-corrected chi connectivity index (χ0v) is 46.5. The van der Waals surface area contributed by atoms with Gasteiger partial charge in [-0.05, 0) is 99.4 Å². The Balaban J connectivity index is 0.957. The van der Waals surface area contributed by atoms with E-state index in [2.05, 4.69) is 31.2 Å². The highest BCUT2D eigenvalue weighted by Crippen LogP contribution is 2.37. The molecule has 3 heterocycles. The first-order chi connectivity index (χ1) is 35.8. The van der Waals surface area contributed by atoms with E-state index in [0.29, 0.717) is 70.1 Å². The minimum absolute atomic E-state index is 0.132. The maximum absolute atomic E-state index is 14.3. The van der Waals surface area contributed by atoms with Crippen LogP contribution < -0.4 is 26.4 Å². The van der Waals surface area contributed by atoms with Crippen LogP contribution in [0.1, 0.15) is 89.9 Å². The number of likely N-dealkylation sites (tertiary alicyclic amines) is 2. The van der Waals surface area contributed by atoms with Gasteiger partial charge in [0.15, 0.2) is 0 Å². The summed E-state index contributed by atoms with van der Waals surface area (Å²) in [6.45, 7) is 11.1. The van der Waals surface area contributed by atoms with E-state index in [1.807, 2.05) is 89.2 Å². The average molecular weight is 1140 g/mol. The molecule has 7 N–H and O–H groups in total. The molecule has 6 atom stereocenters. The van der Waals surface area contributed by atoms with Gasteiger partial charge >= 0.3 is 5.51 Å². The molecule has 2 aliphatic rings. The second kappa shape index (κ2) is 26.0. The molecule has 0 spiro atoms. The van der Waals surface area contributed by atoms with Gasteiger partial charge in [-0.15, -0.1) is 23.1 Å². The lowest BCUT2D eigenvalue weighted by molar-refractivity contribution is -0.144. The van der Waals surface area contributed by atoms with E-state index in [9.17, 15) is 54.3 Å². The number of unbranched alkanes of at least 4 members (excludes halogenated alkanes) is 2. The molecule has 6 rings (SSSR count). The number of thiazole rings is 1. The molecule has 0 aliphatic carbocycles. The minimum Gasteiger partial charge on any atom is -0.396 e. The number of hydrogen-bond donors (Lipinski definition) is 6. The molecule has 2 aliphatic heterocycles. The molecule has 0 bridgehead atoms. The van der Waals surface area contributed by atoms with E-state index in [4.69, 9.17) is 5.14 Å². The van der Waals surface area contributed by atoms with Crippen LogP contribution in [-0.4, -0.2) is 129 Å². The highest BCUT2D eigenvalue weighted by molar-refractivity contribution is 7.99. The maximum atomic E-state index is 14.3. The lowest BCUT2D eigenvalue weighted by Crippen LogP contribution is -2.57. The fourth-order valence-electron chi connectivity index (χ4n) is 9.30. The largest absolute Gasteiger partial charge is 0.501 e. The number of nitrogens with one attached hydrogen (secondary N) is 4. The molecular formula is C52H69F3N8O9S4.